The van der Waals surface area contributed by atoms with E-state index in [2.05, 4.69) is 5.32 Å². The lowest BCUT2D eigenvalue weighted by Crippen LogP contribution is -2.33. The molecule has 3 nitrogen and oxygen atoms in total. The van der Waals surface area contributed by atoms with Crippen molar-refractivity contribution in [2.45, 2.75) is 6.04 Å². The van der Waals surface area contributed by atoms with Crippen LogP contribution in [0.4, 0.5) is 4.39 Å². The minimum absolute atomic E-state index is 0.0743. The lowest BCUT2D eigenvalue weighted by molar-refractivity contribution is -0.116. The number of carbonyl (C=O) groups excluding carboxylic acids is 1. The van der Waals surface area contributed by atoms with E-state index in [1.807, 2.05) is 42.6 Å². The molecule has 2 aromatic rings. The smallest absolute Gasteiger partial charge is 0.244 e. The summed E-state index contributed by atoms with van der Waals surface area (Å²) < 4.78 is 13.4. The number of nitrogens with zero attached hydrogens (tertiary/aromatic N) is 1. The van der Waals surface area contributed by atoms with E-state index in [9.17, 15) is 9.18 Å². The molecule has 0 bridgehead atoms. The average molecular weight is 318 g/mol. The van der Waals surface area contributed by atoms with Crippen LogP contribution < -0.4 is 5.32 Å². The first kappa shape index (κ1) is 16.4. The molecule has 1 aromatic carbocycles. The molecule has 1 amide bonds. The molecule has 0 aliphatic heterocycles. The molecule has 0 saturated carbocycles. The molecule has 1 N–H and O–H groups in total. The number of amides is 1. The largest absolute Gasteiger partial charge is 0.351 e. The van der Waals surface area contributed by atoms with Gasteiger partial charge in [0, 0.05) is 17.5 Å². The van der Waals surface area contributed by atoms with Gasteiger partial charge in [-0.05, 0) is 49.3 Å². The van der Waals surface area contributed by atoms with E-state index in [1.165, 1.54) is 18.2 Å². The fraction of sp³-hybridized carbons (Fsp3) is 0.235. The lowest BCUT2D eigenvalue weighted by Gasteiger charge is -2.24. The topological polar surface area (TPSA) is 32.3 Å². The van der Waals surface area contributed by atoms with Crippen molar-refractivity contribution in [3.63, 3.8) is 0 Å². The molecule has 1 aromatic heterocycles. The summed E-state index contributed by atoms with van der Waals surface area (Å²) in [7, 11) is 3.81. The van der Waals surface area contributed by atoms with Crippen molar-refractivity contribution in [1.82, 2.24) is 10.2 Å². The minimum Gasteiger partial charge on any atom is -0.351 e. The highest BCUT2D eigenvalue weighted by Crippen LogP contribution is 2.18. The Morgan fingerprint density at radius 1 is 1.36 bits per heavy atom. The minimum atomic E-state index is -0.270. The second kappa shape index (κ2) is 7.87. The standard InChI is InChI=1S/C17H19FN2OS/c1-20(2)16(13-5-3-6-14(18)11-13)12-19-17(21)9-8-15-7-4-10-22-15/h3-11,16H,12H2,1-2H3,(H,19,21)/b9-8+. The first-order chi connectivity index (χ1) is 10.6. The Hall–Kier alpha value is -1.98. The maximum Gasteiger partial charge on any atom is 0.244 e. The maximum absolute atomic E-state index is 13.4. The number of benzene rings is 1. The van der Waals surface area contributed by atoms with Crippen molar-refractivity contribution in [2.24, 2.45) is 0 Å². The van der Waals surface area contributed by atoms with Crippen LogP contribution in [0.25, 0.3) is 6.08 Å². The van der Waals surface area contributed by atoms with Crippen LogP contribution in [0.15, 0.2) is 47.9 Å². The molecule has 0 saturated heterocycles. The fourth-order valence-corrected chi connectivity index (χ4v) is 2.73. The summed E-state index contributed by atoms with van der Waals surface area (Å²) in [5, 5.41) is 4.82. The SMILES string of the molecule is CN(C)C(CNC(=O)/C=C/c1cccs1)c1cccc(F)c1. The van der Waals surface area contributed by atoms with Crippen molar-refractivity contribution in [3.8, 4) is 0 Å². The van der Waals surface area contributed by atoms with Crippen molar-refractivity contribution >= 4 is 23.3 Å². The molecule has 0 aliphatic rings. The molecular formula is C17H19FN2OS. The van der Waals surface area contributed by atoms with E-state index in [-0.39, 0.29) is 17.8 Å². The number of hydrogen-bond donors (Lipinski definition) is 1. The zero-order valence-corrected chi connectivity index (χ0v) is 13.4. The Kier molecular flexibility index (Phi) is 5.86. The molecule has 0 spiro atoms. The van der Waals surface area contributed by atoms with Gasteiger partial charge in [0.1, 0.15) is 5.82 Å². The van der Waals surface area contributed by atoms with Crippen LogP contribution in [0, 0.1) is 5.82 Å². The zero-order valence-electron chi connectivity index (χ0n) is 12.6. The summed E-state index contributed by atoms with van der Waals surface area (Å²) in [4.78, 5) is 14.9. The fourth-order valence-electron chi connectivity index (χ4n) is 2.11. The second-order valence-electron chi connectivity index (χ2n) is 5.13. The summed E-state index contributed by atoms with van der Waals surface area (Å²) in [6, 6.07) is 10.3. The number of rotatable bonds is 6. The maximum atomic E-state index is 13.4. The van der Waals surface area contributed by atoms with Crippen LogP contribution in [0.3, 0.4) is 0 Å². The predicted octanol–water partition coefficient (Wildman–Crippen LogP) is 3.32. The first-order valence-corrected chi connectivity index (χ1v) is 7.85. The Labute approximate surface area is 134 Å². The van der Waals surface area contributed by atoms with Gasteiger partial charge in [0.2, 0.25) is 5.91 Å². The number of halogens is 1. The van der Waals surface area contributed by atoms with E-state index in [0.29, 0.717) is 6.54 Å². The summed E-state index contributed by atoms with van der Waals surface area (Å²) in [6.07, 6.45) is 3.30. The number of hydrogen-bond acceptors (Lipinski definition) is 3. The van der Waals surface area contributed by atoms with E-state index < -0.39 is 0 Å². The third-order valence-corrected chi connectivity index (χ3v) is 4.11. The summed E-state index contributed by atoms with van der Waals surface area (Å²) in [5.41, 5.74) is 0.840. The Morgan fingerprint density at radius 2 is 2.18 bits per heavy atom. The average Bonchev–Trinajstić information content (AvgIpc) is 2.98. The summed E-state index contributed by atoms with van der Waals surface area (Å²) >= 11 is 1.58. The Morgan fingerprint density at radius 3 is 2.82 bits per heavy atom. The normalized spacial score (nSPS) is 12.7. The number of nitrogens with one attached hydrogen (secondary N) is 1. The molecule has 1 atom stereocenters. The Balaban J connectivity index is 1.96. The van der Waals surface area contributed by atoms with Gasteiger partial charge in [-0.2, -0.15) is 0 Å². The van der Waals surface area contributed by atoms with Gasteiger partial charge >= 0.3 is 0 Å². The molecule has 0 radical (unpaired) electrons. The molecule has 1 unspecified atom stereocenters. The van der Waals surface area contributed by atoms with Gasteiger partial charge in [-0.3, -0.25) is 4.79 Å². The summed E-state index contributed by atoms with van der Waals surface area (Å²) in [5.74, 6) is -0.426. The van der Waals surface area contributed by atoms with Gasteiger partial charge in [-0.15, -0.1) is 11.3 Å². The van der Waals surface area contributed by atoms with Crippen molar-refractivity contribution in [1.29, 1.82) is 0 Å². The highest BCUT2D eigenvalue weighted by atomic mass is 32.1. The van der Waals surface area contributed by atoms with Crippen molar-refractivity contribution in [3.05, 3.63) is 64.1 Å². The number of carbonyl (C=O) groups is 1. The highest BCUT2D eigenvalue weighted by Gasteiger charge is 2.15. The van der Waals surface area contributed by atoms with Gasteiger partial charge in [0.15, 0.2) is 0 Å². The lowest BCUT2D eigenvalue weighted by atomic mass is 10.1. The van der Waals surface area contributed by atoms with Crippen LogP contribution in [0.5, 0.6) is 0 Å². The molecule has 2 rings (SSSR count). The monoisotopic (exact) mass is 318 g/mol. The van der Waals surface area contributed by atoms with Crippen LogP contribution in [0.2, 0.25) is 0 Å². The van der Waals surface area contributed by atoms with Crippen molar-refractivity contribution in [2.75, 3.05) is 20.6 Å². The molecule has 0 aliphatic carbocycles. The third-order valence-electron chi connectivity index (χ3n) is 3.27. The first-order valence-electron chi connectivity index (χ1n) is 6.97. The van der Waals surface area contributed by atoms with Gasteiger partial charge in [0.05, 0.1) is 6.04 Å². The van der Waals surface area contributed by atoms with Crippen LogP contribution >= 0.6 is 11.3 Å². The van der Waals surface area contributed by atoms with E-state index in [1.54, 1.807) is 23.5 Å². The highest BCUT2D eigenvalue weighted by molar-refractivity contribution is 7.10. The van der Waals surface area contributed by atoms with E-state index >= 15 is 0 Å². The molecule has 22 heavy (non-hydrogen) atoms. The molecular weight excluding hydrogens is 299 g/mol. The zero-order chi connectivity index (χ0) is 15.9. The van der Waals surface area contributed by atoms with Crippen LogP contribution in [-0.4, -0.2) is 31.4 Å². The predicted molar refractivity (Wildman–Crippen MR) is 89.2 cm³/mol. The Bertz CT molecular complexity index is 638. The van der Waals surface area contributed by atoms with Crippen molar-refractivity contribution < 1.29 is 9.18 Å². The van der Waals surface area contributed by atoms with Gasteiger partial charge < -0.3 is 10.2 Å². The third kappa shape index (κ3) is 4.79. The number of likely N-dealkylation sites (N-methyl/N-ethyl adjacent to an activating group) is 1. The number of thiophene rings is 1. The molecule has 1 heterocycles. The molecule has 116 valence electrons. The van der Waals surface area contributed by atoms with E-state index in [0.717, 1.165) is 10.4 Å². The van der Waals surface area contributed by atoms with Crippen LogP contribution in [-0.2, 0) is 4.79 Å². The van der Waals surface area contributed by atoms with Crippen LogP contribution in [0.1, 0.15) is 16.5 Å². The second-order valence-corrected chi connectivity index (χ2v) is 6.11. The van der Waals surface area contributed by atoms with Gasteiger partial charge in [-0.25, -0.2) is 4.39 Å². The van der Waals surface area contributed by atoms with E-state index in [4.69, 9.17) is 0 Å². The molecule has 0 fully saturated rings. The van der Waals surface area contributed by atoms with Gasteiger partial charge in [-0.1, -0.05) is 18.2 Å². The molecule has 5 heteroatoms. The van der Waals surface area contributed by atoms with Gasteiger partial charge in [0.25, 0.3) is 0 Å². The summed E-state index contributed by atoms with van der Waals surface area (Å²) in [6.45, 7) is 0.421. The quantitative estimate of drug-likeness (QED) is 0.829.